The van der Waals surface area contributed by atoms with Crippen molar-refractivity contribution in [1.82, 2.24) is 15.3 Å². The summed E-state index contributed by atoms with van der Waals surface area (Å²) in [4.78, 5) is 21.4. The first-order valence-corrected chi connectivity index (χ1v) is 22.2. The van der Waals surface area contributed by atoms with Gasteiger partial charge in [0.1, 0.15) is 0 Å². The number of fused-ring (bicyclic) bond motifs is 1. The number of pyridine rings is 2. The number of aromatic nitrogens is 2. The summed E-state index contributed by atoms with van der Waals surface area (Å²) >= 11 is -2.24. The van der Waals surface area contributed by atoms with E-state index in [1.807, 2.05) is 42.5 Å². The molecule has 2 aromatic heterocycles. The molecule has 0 bridgehead atoms. The summed E-state index contributed by atoms with van der Waals surface area (Å²) in [6.45, 7) is 8.00. The van der Waals surface area contributed by atoms with Crippen molar-refractivity contribution in [3.63, 3.8) is 0 Å². The van der Waals surface area contributed by atoms with Gasteiger partial charge in [-0.3, -0.25) is 0 Å². The molecule has 5 nitrogen and oxygen atoms in total. The number of para-hydroxylation sites is 1. The Morgan fingerprint density at radius 2 is 1.63 bits per heavy atom. The van der Waals surface area contributed by atoms with Crippen molar-refractivity contribution in [2.45, 2.75) is 85.6 Å². The third-order valence-electron chi connectivity index (χ3n) is 7.21. The van der Waals surface area contributed by atoms with Crippen LogP contribution in [0.25, 0.3) is 11.0 Å². The average Bonchev–Trinajstić information content (AvgIpc) is 2.96. The Hall–Kier alpha value is -2.41. The molecule has 0 aliphatic carbocycles. The summed E-state index contributed by atoms with van der Waals surface area (Å²) in [6.07, 6.45) is 13.1. The van der Waals surface area contributed by atoms with Gasteiger partial charge in [0.15, 0.2) is 5.65 Å². The van der Waals surface area contributed by atoms with Gasteiger partial charge < -0.3 is 0 Å². The minimum absolute atomic E-state index is 0.217. The Morgan fingerprint density at radius 3 is 2.34 bits per heavy atom. The second kappa shape index (κ2) is 16.5. The molecule has 0 saturated carbocycles. The summed E-state index contributed by atoms with van der Waals surface area (Å²) in [5.74, 6) is 0.609. The van der Waals surface area contributed by atoms with Crippen molar-refractivity contribution in [3.05, 3.63) is 76.2 Å². The van der Waals surface area contributed by atoms with Gasteiger partial charge >= 0.3 is 194 Å². The SMILES string of the molecule is CCC[CH2][Sn]([CH]=CCCOc1ccccc1CNC(=O)c1ccc2cccnc2n1)([CH2]CCC)[CH2]CCC. The summed E-state index contributed by atoms with van der Waals surface area (Å²) in [5.41, 5.74) is 1.90. The van der Waals surface area contributed by atoms with Crippen LogP contribution in [0.15, 0.2) is 64.9 Å². The fourth-order valence-corrected chi connectivity index (χ4v) is 19.4. The summed E-state index contributed by atoms with van der Waals surface area (Å²) < 4.78 is 13.4. The molecule has 0 fully saturated rings. The van der Waals surface area contributed by atoms with Crippen molar-refractivity contribution in [1.29, 1.82) is 0 Å². The quantitative estimate of drug-likeness (QED) is 0.122. The second-order valence-corrected chi connectivity index (χ2v) is 23.3. The fraction of sp³-hybridized carbons (Fsp3) is 0.469. The maximum absolute atomic E-state index is 12.7. The summed E-state index contributed by atoms with van der Waals surface area (Å²) in [5, 5.41) is 3.90. The Labute approximate surface area is 233 Å². The normalized spacial score (nSPS) is 11.8. The van der Waals surface area contributed by atoms with Gasteiger partial charge in [0.25, 0.3) is 0 Å². The van der Waals surface area contributed by atoms with E-state index >= 15 is 0 Å². The van der Waals surface area contributed by atoms with Crippen LogP contribution in [-0.2, 0) is 6.54 Å². The minimum atomic E-state index is -2.24. The van der Waals surface area contributed by atoms with Gasteiger partial charge in [0.2, 0.25) is 0 Å². The molecule has 0 radical (unpaired) electrons. The van der Waals surface area contributed by atoms with Gasteiger partial charge in [-0.05, 0) is 18.2 Å². The van der Waals surface area contributed by atoms with Gasteiger partial charge in [0, 0.05) is 11.6 Å². The van der Waals surface area contributed by atoms with Crippen LogP contribution in [0.3, 0.4) is 0 Å². The van der Waals surface area contributed by atoms with Crippen LogP contribution in [0.4, 0.5) is 0 Å². The Bertz CT molecular complexity index is 1140. The summed E-state index contributed by atoms with van der Waals surface area (Å²) in [6, 6.07) is 15.4. The number of unbranched alkanes of at least 4 members (excludes halogenated alkanes) is 3. The van der Waals surface area contributed by atoms with Gasteiger partial charge in [-0.25, -0.2) is 4.98 Å². The molecule has 0 saturated heterocycles. The monoisotopic (exact) mass is 623 g/mol. The molecule has 0 spiro atoms. The molecule has 6 heteroatoms. The van der Waals surface area contributed by atoms with Crippen molar-refractivity contribution < 1.29 is 9.53 Å². The van der Waals surface area contributed by atoms with Gasteiger partial charge in [-0.15, -0.1) is 0 Å². The molecule has 2 heterocycles. The van der Waals surface area contributed by atoms with E-state index in [0.29, 0.717) is 24.5 Å². The Balaban J connectivity index is 1.56. The Morgan fingerprint density at radius 1 is 0.921 bits per heavy atom. The number of hydrogen-bond acceptors (Lipinski definition) is 4. The van der Waals surface area contributed by atoms with E-state index in [9.17, 15) is 4.79 Å². The van der Waals surface area contributed by atoms with Crippen LogP contribution in [0.2, 0.25) is 13.3 Å². The molecule has 204 valence electrons. The number of benzene rings is 1. The molecule has 0 atom stereocenters. The van der Waals surface area contributed by atoms with E-state index in [4.69, 9.17) is 4.74 Å². The zero-order valence-corrected chi connectivity index (χ0v) is 26.4. The number of carbonyl (C=O) groups excluding carboxylic acids is 1. The van der Waals surface area contributed by atoms with Crippen LogP contribution in [0.5, 0.6) is 5.75 Å². The number of carbonyl (C=O) groups is 1. The average molecular weight is 622 g/mol. The second-order valence-electron chi connectivity index (χ2n) is 10.2. The van der Waals surface area contributed by atoms with E-state index in [1.54, 1.807) is 12.3 Å². The predicted molar refractivity (Wildman–Crippen MR) is 161 cm³/mol. The van der Waals surface area contributed by atoms with Gasteiger partial charge in [-0.2, -0.15) is 0 Å². The number of amides is 1. The number of hydrogen-bond donors (Lipinski definition) is 1. The van der Waals surface area contributed by atoms with Crippen LogP contribution < -0.4 is 10.1 Å². The van der Waals surface area contributed by atoms with Gasteiger partial charge in [0.05, 0.1) is 0 Å². The first kappa shape index (κ1) is 30.1. The molecular formula is C32H45N3O2Sn. The van der Waals surface area contributed by atoms with Crippen LogP contribution in [-0.4, -0.2) is 40.9 Å². The molecule has 38 heavy (non-hydrogen) atoms. The number of ether oxygens (including phenoxy) is 1. The van der Waals surface area contributed by atoms with Crippen LogP contribution >= 0.6 is 0 Å². The van der Waals surface area contributed by atoms with Crippen molar-refractivity contribution >= 4 is 35.3 Å². The van der Waals surface area contributed by atoms with Crippen molar-refractivity contribution in [2.75, 3.05) is 6.61 Å². The van der Waals surface area contributed by atoms with E-state index < -0.39 is 18.4 Å². The number of rotatable bonds is 17. The summed E-state index contributed by atoms with van der Waals surface area (Å²) in [7, 11) is 0. The van der Waals surface area contributed by atoms with Crippen molar-refractivity contribution in [3.8, 4) is 5.75 Å². The molecule has 1 aromatic carbocycles. The zero-order valence-electron chi connectivity index (χ0n) is 23.5. The first-order chi connectivity index (χ1) is 18.6. The molecule has 1 N–H and O–H groups in total. The predicted octanol–water partition coefficient (Wildman–Crippen LogP) is 8.27. The van der Waals surface area contributed by atoms with E-state index in [2.05, 4.69) is 46.2 Å². The molecule has 0 aliphatic rings. The van der Waals surface area contributed by atoms with E-state index in [1.165, 1.54) is 51.8 Å². The molecule has 0 aliphatic heterocycles. The standard InChI is InChI=1S/C20H18N3O2.3C4H9.Sn/c1-2-3-13-25-18-9-5-4-7-16(18)14-22-20(24)17-11-10-15-8-6-12-21-19(15)23-17;3*1-3-4-2;/h1-2,4-12H,3,13-14H2,(H,22,24);3*1,3-4H2,2H3;. The number of nitrogens with one attached hydrogen (secondary N) is 1. The van der Waals surface area contributed by atoms with E-state index in [-0.39, 0.29) is 5.91 Å². The topological polar surface area (TPSA) is 64.1 Å². The molecule has 0 unspecified atom stereocenters. The third kappa shape index (κ3) is 9.40. The van der Waals surface area contributed by atoms with Crippen LogP contribution in [0.1, 0.15) is 81.8 Å². The Kier molecular flexibility index (Phi) is 13.1. The molecular weight excluding hydrogens is 577 g/mol. The first-order valence-electron chi connectivity index (χ1n) is 14.5. The molecule has 1 amide bonds. The third-order valence-corrected chi connectivity index (χ3v) is 21.5. The van der Waals surface area contributed by atoms with Gasteiger partial charge in [-0.1, -0.05) is 0 Å². The number of nitrogens with zero attached hydrogens (tertiary/aromatic N) is 2. The molecule has 3 aromatic rings. The molecule has 3 rings (SSSR count). The van der Waals surface area contributed by atoms with E-state index in [0.717, 1.165) is 23.1 Å². The van der Waals surface area contributed by atoms with Crippen LogP contribution in [0, 0.1) is 0 Å². The maximum atomic E-state index is 12.7. The zero-order chi connectivity index (χ0) is 27.1. The van der Waals surface area contributed by atoms with Crippen molar-refractivity contribution in [2.24, 2.45) is 0 Å². The fourth-order valence-electron chi connectivity index (χ4n) is 4.92.